The summed E-state index contributed by atoms with van der Waals surface area (Å²) in [6, 6.07) is 3.91. The maximum absolute atomic E-state index is 12.5. The van der Waals surface area contributed by atoms with Gasteiger partial charge in [-0.15, -0.1) is 0 Å². The Labute approximate surface area is 150 Å². The predicted molar refractivity (Wildman–Crippen MR) is 96.3 cm³/mol. The van der Waals surface area contributed by atoms with Crippen LogP contribution in [0, 0.1) is 17.8 Å². The summed E-state index contributed by atoms with van der Waals surface area (Å²) in [5.41, 5.74) is 0.854. The Hall–Kier alpha value is -1.91. The summed E-state index contributed by atoms with van der Waals surface area (Å²) in [5, 5.41) is 3.21. The molecule has 0 spiro atoms. The summed E-state index contributed by atoms with van der Waals surface area (Å²) in [6.07, 6.45) is 5.66. The van der Waals surface area contributed by atoms with Crippen molar-refractivity contribution >= 4 is 5.91 Å². The Bertz CT molecular complexity index is 605. The molecule has 0 saturated heterocycles. The summed E-state index contributed by atoms with van der Waals surface area (Å²) >= 11 is 0. The number of hydrogen-bond donors (Lipinski definition) is 1. The van der Waals surface area contributed by atoms with E-state index in [1.54, 1.807) is 21.3 Å². The SMILES string of the molecule is COc1cc(CC(=O)N[C@H](C)[C@H]2C[C@@H]3CC[C@@H]2C3)cc(OC)c1OC. The van der Waals surface area contributed by atoms with Crippen LogP contribution in [-0.4, -0.2) is 33.3 Å². The number of ether oxygens (including phenoxy) is 3. The molecule has 0 heterocycles. The lowest BCUT2D eigenvalue weighted by atomic mass is 9.84. The van der Waals surface area contributed by atoms with Gasteiger partial charge in [0.25, 0.3) is 0 Å². The fraction of sp³-hybridized carbons (Fsp3) is 0.650. The zero-order chi connectivity index (χ0) is 18.0. The van der Waals surface area contributed by atoms with E-state index in [0.29, 0.717) is 29.6 Å². The van der Waals surface area contributed by atoms with Crippen LogP contribution in [0.5, 0.6) is 17.2 Å². The lowest BCUT2D eigenvalue weighted by Gasteiger charge is -2.28. The summed E-state index contributed by atoms with van der Waals surface area (Å²) in [5.74, 6) is 4.08. The van der Waals surface area contributed by atoms with Crippen molar-refractivity contribution in [1.29, 1.82) is 0 Å². The van der Waals surface area contributed by atoms with Gasteiger partial charge in [-0.25, -0.2) is 0 Å². The van der Waals surface area contributed by atoms with Crippen molar-refractivity contribution in [2.24, 2.45) is 17.8 Å². The van der Waals surface area contributed by atoms with Gasteiger partial charge >= 0.3 is 0 Å². The third-order valence-corrected chi connectivity index (χ3v) is 5.91. The lowest BCUT2D eigenvalue weighted by molar-refractivity contribution is -0.121. The number of nitrogens with one attached hydrogen (secondary N) is 1. The summed E-state index contributed by atoms with van der Waals surface area (Å²) in [7, 11) is 4.74. The Morgan fingerprint density at radius 2 is 1.80 bits per heavy atom. The molecule has 138 valence electrons. The number of amides is 1. The molecule has 0 radical (unpaired) electrons. The monoisotopic (exact) mass is 347 g/mol. The van der Waals surface area contributed by atoms with E-state index in [4.69, 9.17) is 14.2 Å². The molecule has 5 nitrogen and oxygen atoms in total. The highest BCUT2D eigenvalue weighted by atomic mass is 16.5. The number of hydrogen-bond acceptors (Lipinski definition) is 4. The van der Waals surface area contributed by atoms with Crippen LogP contribution in [0.25, 0.3) is 0 Å². The molecule has 0 aromatic heterocycles. The topological polar surface area (TPSA) is 56.8 Å². The van der Waals surface area contributed by atoms with Gasteiger partial charge in [0, 0.05) is 6.04 Å². The first-order chi connectivity index (χ1) is 12.0. The molecule has 0 unspecified atom stereocenters. The van der Waals surface area contributed by atoms with Crippen LogP contribution in [-0.2, 0) is 11.2 Å². The largest absolute Gasteiger partial charge is 0.493 e. The van der Waals surface area contributed by atoms with Crippen LogP contribution in [0.2, 0.25) is 0 Å². The van der Waals surface area contributed by atoms with Crippen molar-refractivity contribution in [3.8, 4) is 17.2 Å². The summed E-state index contributed by atoms with van der Waals surface area (Å²) in [6.45, 7) is 2.15. The maximum Gasteiger partial charge on any atom is 0.224 e. The smallest absolute Gasteiger partial charge is 0.224 e. The van der Waals surface area contributed by atoms with Gasteiger partial charge in [0.05, 0.1) is 27.8 Å². The quantitative estimate of drug-likeness (QED) is 0.823. The second-order valence-electron chi connectivity index (χ2n) is 7.41. The minimum Gasteiger partial charge on any atom is -0.493 e. The van der Waals surface area contributed by atoms with E-state index < -0.39 is 0 Å². The van der Waals surface area contributed by atoms with Gasteiger partial charge in [0.15, 0.2) is 11.5 Å². The van der Waals surface area contributed by atoms with Crippen molar-refractivity contribution in [2.75, 3.05) is 21.3 Å². The Morgan fingerprint density at radius 3 is 2.28 bits per heavy atom. The zero-order valence-electron chi connectivity index (χ0n) is 15.6. The van der Waals surface area contributed by atoms with Gasteiger partial charge < -0.3 is 19.5 Å². The summed E-state index contributed by atoms with van der Waals surface area (Å²) in [4.78, 5) is 12.5. The van der Waals surface area contributed by atoms with Crippen LogP contribution < -0.4 is 19.5 Å². The fourth-order valence-electron chi connectivity index (χ4n) is 4.74. The molecule has 2 saturated carbocycles. The molecular formula is C20H29NO4. The first-order valence-electron chi connectivity index (χ1n) is 9.14. The maximum atomic E-state index is 12.5. The Kier molecular flexibility index (Phi) is 5.40. The molecule has 2 aliphatic rings. The van der Waals surface area contributed by atoms with E-state index in [1.165, 1.54) is 25.7 Å². The third kappa shape index (κ3) is 3.70. The average molecular weight is 347 g/mol. The molecule has 2 aliphatic carbocycles. The Balaban J connectivity index is 1.64. The van der Waals surface area contributed by atoms with Gasteiger partial charge in [0.2, 0.25) is 11.7 Å². The van der Waals surface area contributed by atoms with E-state index >= 15 is 0 Å². The van der Waals surface area contributed by atoms with Crippen LogP contribution >= 0.6 is 0 Å². The van der Waals surface area contributed by atoms with Gasteiger partial charge in [-0.2, -0.15) is 0 Å². The van der Waals surface area contributed by atoms with Crippen LogP contribution in [0.1, 0.15) is 38.2 Å². The highest BCUT2D eigenvalue weighted by molar-refractivity contribution is 5.79. The lowest BCUT2D eigenvalue weighted by Crippen LogP contribution is -2.40. The van der Waals surface area contributed by atoms with Gasteiger partial charge in [0.1, 0.15) is 0 Å². The first kappa shape index (κ1) is 17.9. The van der Waals surface area contributed by atoms with Crippen molar-refractivity contribution in [3.63, 3.8) is 0 Å². The van der Waals surface area contributed by atoms with E-state index in [1.807, 2.05) is 12.1 Å². The molecule has 2 fully saturated rings. The van der Waals surface area contributed by atoms with Crippen LogP contribution in [0.15, 0.2) is 12.1 Å². The highest BCUT2D eigenvalue weighted by Gasteiger charge is 2.42. The average Bonchev–Trinajstić information content (AvgIpc) is 3.23. The minimum absolute atomic E-state index is 0.0459. The molecule has 0 aliphatic heterocycles. The van der Waals surface area contributed by atoms with Gasteiger partial charge in [-0.05, 0) is 61.6 Å². The van der Waals surface area contributed by atoms with E-state index in [2.05, 4.69) is 12.2 Å². The van der Waals surface area contributed by atoms with Crippen LogP contribution in [0.4, 0.5) is 0 Å². The number of rotatable bonds is 7. The number of carbonyl (C=O) groups excluding carboxylic acids is 1. The number of carbonyl (C=O) groups is 1. The molecule has 1 amide bonds. The van der Waals surface area contributed by atoms with E-state index in [-0.39, 0.29) is 11.9 Å². The molecule has 1 aromatic carbocycles. The summed E-state index contributed by atoms with van der Waals surface area (Å²) < 4.78 is 16.0. The highest BCUT2D eigenvalue weighted by Crippen LogP contribution is 2.49. The predicted octanol–water partition coefficient (Wildman–Crippen LogP) is 3.20. The van der Waals surface area contributed by atoms with Crippen molar-refractivity contribution in [2.45, 2.75) is 45.1 Å². The van der Waals surface area contributed by atoms with Crippen molar-refractivity contribution < 1.29 is 19.0 Å². The minimum atomic E-state index is 0.0459. The second kappa shape index (κ2) is 7.54. The number of methoxy groups -OCH3 is 3. The first-order valence-corrected chi connectivity index (χ1v) is 9.14. The molecule has 5 heteroatoms. The van der Waals surface area contributed by atoms with Crippen LogP contribution in [0.3, 0.4) is 0 Å². The fourth-order valence-corrected chi connectivity index (χ4v) is 4.74. The van der Waals surface area contributed by atoms with Crippen molar-refractivity contribution in [1.82, 2.24) is 5.32 Å². The third-order valence-electron chi connectivity index (χ3n) is 5.91. The zero-order valence-corrected chi connectivity index (χ0v) is 15.6. The molecular weight excluding hydrogens is 318 g/mol. The normalized spacial score (nSPS) is 25.5. The molecule has 1 N–H and O–H groups in total. The molecule has 4 atom stereocenters. The van der Waals surface area contributed by atoms with Gasteiger partial charge in [-0.3, -0.25) is 4.79 Å². The van der Waals surface area contributed by atoms with Gasteiger partial charge in [-0.1, -0.05) is 6.42 Å². The molecule has 2 bridgehead atoms. The van der Waals surface area contributed by atoms with E-state index in [9.17, 15) is 4.79 Å². The standard InChI is InChI=1S/C20H29NO4/c1-12(16-8-13-5-6-15(16)7-13)21-19(22)11-14-9-17(23-2)20(25-4)18(10-14)24-3/h9-10,12-13,15-16H,5-8,11H2,1-4H3,(H,21,22)/t12-,13-,15-,16-/m1/s1. The van der Waals surface area contributed by atoms with E-state index in [0.717, 1.165) is 17.4 Å². The Morgan fingerprint density at radius 1 is 1.12 bits per heavy atom. The number of benzene rings is 1. The molecule has 3 rings (SSSR count). The molecule has 1 aromatic rings. The molecule has 25 heavy (non-hydrogen) atoms. The van der Waals surface area contributed by atoms with Crippen molar-refractivity contribution in [3.05, 3.63) is 17.7 Å². The number of fused-ring (bicyclic) bond motifs is 2. The second-order valence-corrected chi connectivity index (χ2v) is 7.41.